The lowest BCUT2D eigenvalue weighted by Gasteiger charge is -2.18. The van der Waals surface area contributed by atoms with Gasteiger partial charge in [-0.3, -0.25) is 14.2 Å². The third-order valence-electron chi connectivity index (χ3n) is 4.51. The number of nitrogens with two attached hydrogens (primary N) is 1. The Labute approximate surface area is 153 Å². The molecule has 9 heteroatoms. The van der Waals surface area contributed by atoms with E-state index in [1.807, 2.05) is 9.58 Å². The van der Waals surface area contributed by atoms with E-state index in [0.29, 0.717) is 31.9 Å². The topological polar surface area (TPSA) is 98.1 Å². The average Bonchev–Trinajstić information content (AvgIpc) is 3.16. The van der Waals surface area contributed by atoms with Crippen LogP contribution in [0.15, 0.2) is 12.3 Å². The van der Waals surface area contributed by atoms with Crippen LogP contribution in [0.2, 0.25) is 0 Å². The second kappa shape index (κ2) is 8.41. The first-order chi connectivity index (χ1) is 12.6. The highest BCUT2D eigenvalue weighted by Crippen LogP contribution is 2.16. The number of hydrogen-bond donors (Lipinski definition) is 1. The summed E-state index contributed by atoms with van der Waals surface area (Å²) < 4.78 is 3.64. The molecule has 2 aromatic heterocycles. The lowest BCUT2D eigenvalue weighted by molar-refractivity contribution is 0.0739. The highest BCUT2D eigenvalue weighted by molar-refractivity contribution is 5.91. The normalized spacial score (nSPS) is 14.5. The molecular formula is C17H28N8O. The van der Waals surface area contributed by atoms with Crippen LogP contribution in [0.5, 0.6) is 0 Å². The zero-order chi connectivity index (χ0) is 18.5. The number of carbonyl (C=O) groups is 1. The molecule has 2 N–H and O–H groups in total. The maximum atomic E-state index is 12.8. The Morgan fingerprint density at radius 3 is 3.00 bits per heavy atom. The molecule has 0 fully saturated rings. The number of nitrogens with zero attached hydrogens (tertiary/aromatic N) is 7. The summed E-state index contributed by atoms with van der Waals surface area (Å²) in [5.41, 5.74) is 8.02. The molecule has 0 bridgehead atoms. The second-order valence-electron chi connectivity index (χ2n) is 6.82. The molecule has 3 heterocycles. The van der Waals surface area contributed by atoms with E-state index in [1.165, 1.54) is 0 Å². The molecule has 0 aliphatic carbocycles. The molecule has 3 rings (SSSR count). The van der Waals surface area contributed by atoms with Crippen molar-refractivity contribution in [3.8, 4) is 0 Å². The minimum absolute atomic E-state index is 0.0902. The maximum absolute atomic E-state index is 12.8. The molecule has 142 valence electrons. The van der Waals surface area contributed by atoms with Gasteiger partial charge in [0.2, 0.25) is 0 Å². The molecule has 2 aromatic rings. The molecule has 1 aliphatic rings. The summed E-state index contributed by atoms with van der Waals surface area (Å²) >= 11 is 0. The van der Waals surface area contributed by atoms with Crippen LogP contribution in [-0.2, 0) is 26.2 Å². The lowest BCUT2D eigenvalue weighted by Crippen LogP contribution is -2.31. The third-order valence-corrected chi connectivity index (χ3v) is 4.51. The first-order valence-electron chi connectivity index (χ1n) is 9.24. The summed E-state index contributed by atoms with van der Waals surface area (Å²) in [6, 6.07) is 2.11. The quantitative estimate of drug-likeness (QED) is 0.764. The first-order valence-corrected chi connectivity index (χ1v) is 9.24. The largest absolute Gasteiger partial charge is 0.331 e. The molecule has 0 aromatic carbocycles. The molecule has 0 saturated carbocycles. The van der Waals surface area contributed by atoms with E-state index >= 15 is 0 Å². The van der Waals surface area contributed by atoms with Crippen molar-refractivity contribution < 1.29 is 4.79 Å². The summed E-state index contributed by atoms with van der Waals surface area (Å²) in [5, 5.41) is 12.7. The van der Waals surface area contributed by atoms with E-state index in [2.05, 4.69) is 35.2 Å². The van der Waals surface area contributed by atoms with Gasteiger partial charge < -0.3 is 15.5 Å². The van der Waals surface area contributed by atoms with Crippen LogP contribution in [0.3, 0.4) is 0 Å². The summed E-state index contributed by atoms with van der Waals surface area (Å²) in [6.45, 7) is 7.14. The highest BCUT2D eigenvalue weighted by Gasteiger charge is 2.23. The predicted molar refractivity (Wildman–Crippen MR) is 97.3 cm³/mol. The van der Waals surface area contributed by atoms with E-state index in [9.17, 15) is 4.79 Å². The van der Waals surface area contributed by atoms with Gasteiger partial charge in [-0.05, 0) is 32.5 Å². The Kier molecular flexibility index (Phi) is 6.00. The standard InChI is InChI=1S/C17H28N8O/c1-3-6-22(2)11-14-10-15-12-23(7-4-8-25(15)20-14)17(26)16-13-24(9-5-18)21-19-16/h10,13H,3-9,11-12,18H2,1-2H3. The molecule has 0 saturated heterocycles. The lowest BCUT2D eigenvalue weighted by atomic mass is 10.3. The highest BCUT2D eigenvalue weighted by atomic mass is 16.2. The number of aromatic nitrogens is 5. The van der Waals surface area contributed by atoms with Gasteiger partial charge in [0, 0.05) is 26.2 Å². The monoisotopic (exact) mass is 360 g/mol. The molecule has 0 radical (unpaired) electrons. The Balaban J connectivity index is 1.70. The fraction of sp³-hybridized carbons (Fsp3) is 0.647. The van der Waals surface area contributed by atoms with E-state index in [4.69, 9.17) is 10.8 Å². The van der Waals surface area contributed by atoms with Gasteiger partial charge in [0.05, 0.1) is 30.7 Å². The van der Waals surface area contributed by atoms with Crippen molar-refractivity contribution >= 4 is 5.91 Å². The predicted octanol–water partition coefficient (Wildman–Crippen LogP) is 0.321. The summed E-state index contributed by atoms with van der Waals surface area (Å²) in [5.74, 6) is -0.0902. The number of rotatable bonds is 7. The molecule has 0 unspecified atom stereocenters. The van der Waals surface area contributed by atoms with Crippen LogP contribution < -0.4 is 5.73 Å². The Morgan fingerprint density at radius 2 is 2.23 bits per heavy atom. The van der Waals surface area contributed by atoms with Crippen molar-refractivity contribution in [3.63, 3.8) is 0 Å². The Morgan fingerprint density at radius 1 is 1.38 bits per heavy atom. The number of carbonyl (C=O) groups excluding carboxylic acids is 1. The van der Waals surface area contributed by atoms with Gasteiger partial charge in [0.25, 0.3) is 5.91 Å². The van der Waals surface area contributed by atoms with Crippen LogP contribution in [-0.4, -0.2) is 67.2 Å². The molecule has 1 amide bonds. The zero-order valence-corrected chi connectivity index (χ0v) is 15.6. The summed E-state index contributed by atoms with van der Waals surface area (Å²) in [4.78, 5) is 16.9. The van der Waals surface area contributed by atoms with Crippen molar-refractivity contribution in [3.05, 3.63) is 29.3 Å². The van der Waals surface area contributed by atoms with Crippen LogP contribution in [0.4, 0.5) is 0 Å². The van der Waals surface area contributed by atoms with Gasteiger partial charge in [-0.2, -0.15) is 5.10 Å². The van der Waals surface area contributed by atoms with Gasteiger partial charge in [-0.25, -0.2) is 0 Å². The molecule has 1 aliphatic heterocycles. The molecule has 26 heavy (non-hydrogen) atoms. The van der Waals surface area contributed by atoms with E-state index in [-0.39, 0.29) is 5.91 Å². The Bertz CT molecular complexity index is 737. The van der Waals surface area contributed by atoms with Gasteiger partial charge in [-0.15, -0.1) is 5.10 Å². The summed E-state index contributed by atoms with van der Waals surface area (Å²) in [7, 11) is 2.11. The van der Waals surface area contributed by atoms with Crippen molar-refractivity contribution in [2.45, 2.75) is 45.9 Å². The minimum Gasteiger partial charge on any atom is -0.331 e. The number of fused-ring (bicyclic) bond motifs is 1. The fourth-order valence-corrected chi connectivity index (χ4v) is 3.31. The van der Waals surface area contributed by atoms with Gasteiger partial charge in [-0.1, -0.05) is 12.1 Å². The van der Waals surface area contributed by atoms with Gasteiger partial charge >= 0.3 is 0 Å². The Hall–Kier alpha value is -2.26. The first kappa shape index (κ1) is 18.5. The number of amides is 1. The fourth-order valence-electron chi connectivity index (χ4n) is 3.31. The zero-order valence-electron chi connectivity index (χ0n) is 15.6. The van der Waals surface area contributed by atoms with Crippen molar-refractivity contribution in [2.75, 3.05) is 26.7 Å². The number of aryl methyl sites for hydroxylation is 1. The average molecular weight is 360 g/mol. The van der Waals surface area contributed by atoms with Crippen molar-refractivity contribution in [2.24, 2.45) is 5.73 Å². The van der Waals surface area contributed by atoms with Gasteiger partial charge in [0.15, 0.2) is 5.69 Å². The van der Waals surface area contributed by atoms with Crippen LogP contribution in [0.25, 0.3) is 0 Å². The van der Waals surface area contributed by atoms with Crippen LogP contribution in [0.1, 0.15) is 41.6 Å². The number of hydrogen-bond acceptors (Lipinski definition) is 6. The van der Waals surface area contributed by atoms with Crippen molar-refractivity contribution in [1.29, 1.82) is 0 Å². The second-order valence-corrected chi connectivity index (χ2v) is 6.82. The molecule has 0 atom stereocenters. The van der Waals surface area contributed by atoms with Crippen LogP contribution in [0, 0.1) is 0 Å². The summed E-state index contributed by atoms with van der Waals surface area (Å²) in [6.07, 6.45) is 3.67. The SMILES string of the molecule is CCCN(C)Cc1cc2n(n1)CCCN(C(=O)c1cn(CCN)nn1)C2. The smallest absolute Gasteiger partial charge is 0.276 e. The molecule has 0 spiro atoms. The third kappa shape index (κ3) is 4.28. The minimum atomic E-state index is -0.0902. The van der Waals surface area contributed by atoms with E-state index in [1.54, 1.807) is 10.9 Å². The molecular weight excluding hydrogens is 332 g/mol. The molecule has 9 nitrogen and oxygen atoms in total. The van der Waals surface area contributed by atoms with E-state index < -0.39 is 0 Å². The van der Waals surface area contributed by atoms with Crippen molar-refractivity contribution in [1.82, 2.24) is 34.6 Å². The van der Waals surface area contributed by atoms with Crippen LogP contribution >= 0.6 is 0 Å². The maximum Gasteiger partial charge on any atom is 0.276 e. The van der Waals surface area contributed by atoms with E-state index in [0.717, 1.165) is 43.9 Å². The van der Waals surface area contributed by atoms with Gasteiger partial charge in [0.1, 0.15) is 0 Å².